The molecule has 0 atom stereocenters. The van der Waals surface area contributed by atoms with E-state index in [1.165, 1.54) is 0 Å². The first-order chi connectivity index (χ1) is 8.60. The van der Waals surface area contributed by atoms with Crippen LogP contribution in [0.5, 0.6) is 5.75 Å². The van der Waals surface area contributed by atoms with Crippen LogP contribution < -0.4 is 10.5 Å². The highest BCUT2D eigenvalue weighted by molar-refractivity contribution is 5.31. The highest BCUT2D eigenvalue weighted by atomic mass is 16.5. The van der Waals surface area contributed by atoms with Gasteiger partial charge in [-0.15, -0.1) is 0 Å². The molecule has 0 unspecified atom stereocenters. The van der Waals surface area contributed by atoms with Crippen molar-refractivity contribution < 1.29 is 4.74 Å². The number of hydrogen-bond donors (Lipinski definition) is 1. The van der Waals surface area contributed by atoms with Gasteiger partial charge < -0.3 is 10.5 Å². The van der Waals surface area contributed by atoms with Gasteiger partial charge in [0.1, 0.15) is 0 Å². The van der Waals surface area contributed by atoms with Gasteiger partial charge in [0.25, 0.3) is 0 Å². The molecule has 0 aromatic carbocycles. The van der Waals surface area contributed by atoms with Crippen LogP contribution in [-0.4, -0.2) is 20.9 Å². The van der Waals surface area contributed by atoms with E-state index >= 15 is 0 Å². The fourth-order valence-corrected chi connectivity index (χ4v) is 1.68. The summed E-state index contributed by atoms with van der Waals surface area (Å²) in [6, 6.07) is 3.88. The Kier molecular flexibility index (Phi) is 3.62. The van der Waals surface area contributed by atoms with Gasteiger partial charge in [0.05, 0.1) is 18.5 Å². The lowest BCUT2D eigenvalue weighted by atomic mass is 10.2. The first kappa shape index (κ1) is 12.6. The van der Waals surface area contributed by atoms with E-state index in [1.54, 1.807) is 10.9 Å². The summed E-state index contributed by atoms with van der Waals surface area (Å²) in [5.74, 6) is 1.51. The van der Waals surface area contributed by atoms with Gasteiger partial charge in [-0.1, -0.05) is 6.07 Å². The summed E-state index contributed by atoms with van der Waals surface area (Å²) in [6.07, 6.45) is 3.65. The molecule has 0 aliphatic rings. The summed E-state index contributed by atoms with van der Waals surface area (Å²) in [6.45, 7) is 6.41. The zero-order chi connectivity index (χ0) is 13.1. The second-order valence-electron chi connectivity index (χ2n) is 4.41. The molecule has 5 heteroatoms. The quantitative estimate of drug-likeness (QED) is 0.893. The van der Waals surface area contributed by atoms with E-state index in [1.807, 2.05) is 39.1 Å². The van der Waals surface area contributed by atoms with Gasteiger partial charge in [-0.2, -0.15) is 5.10 Å². The van der Waals surface area contributed by atoms with E-state index in [4.69, 9.17) is 10.5 Å². The SMILES string of the molecule is Cc1nc(-n2cc(OC(C)C)cn2)ccc1CN. The molecule has 0 aliphatic heterocycles. The number of aromatic nitrogens is 3. The molecule has 2 heterocycles. The molecule has 0 spiro atoms. The summed E-state index contributed by atoms with van der Waals surface area (Å²) in [5, 5.41) is 4.23. The smallest absolute Gasteiger partial charge is 0.158 e. The molecule has 5 nitrogen and oxygen atoms in total. The average molecular weight is 246 g/mol. The zero-order valence-corrected chi connectivity index (χ0v) is 10.9. The van der Waals surface area contributed by atoms with Crippen molar-refractivity contribution in [2.45, 2.75) is 33.4 Å². The largest absolute Gasteiger partial charge is 0.488 e. The van der Waals surface area contributed by atoms with E-state index in [2.05, 4.69) is 10.1 Å². The summed E-state index contributed by atoms with van der Waals surface area (Å²) in [7, 11) is 0. The number of nitrogens with two attached hydrogens (primary N) is 1. The van der Waals surface area contributed by atoms with Gasteiger partial charge in [0, 0.05) is 12.2 Å². The van der Waals surface area contributed by atoms with Crippen LogP contribution >= 0.6 is 0 Å². The third-order valence-electron chi connectivity index (χ3n) is 2.57. The molecule has 0 fully saturated rings. The molecule has 2 N–H and O–H groups in total. The lowest BCUT2D eigenvalue weighted by molar-refractivity contribution is 0.242. The van der Waals surface area contributed by atoms with Crippen LogP contribution in [-0.2, 0) is 6.54 Å². The van der Waals surface area contributed by atoms with E-state index in [-0.39, 0.29) is 6.10 Å². The molecule has 18 heavy (non-hydrogen) atoms. The van der Waals surface area contributed by atoms with Gasteiger partial charge in [-0.3, -0.25) is 0 Å². The lowest BCUT2D eigenvalue weighted by Gasteiger charge is -2.06. The van der Waals surface area contributed by atoms with Crippen molar-refractivity contribution in [3.63, 3.8) is 0 Å². The molecule has 96 valence electrons. The zero-order valence-electron chi connectivity index (χ0n) is 10.9. The minimum Gasteiger partial charge on any atom is -0.488 e. The Hall–Kier alpha value is -1.88. The molecular formula is C13H18N4O. The van der Waals surface area contributed by atoms with Gasteiger partial charge in [-0.25, -0.2) is 9.67 Å². The minimum absolute atomic E-state index is 0.136. The molecule has 2 aromatic rings. The Morgan fingerprint density at radius 3 is 2.78 bits per heavy atom. The normalized spacial score (nSPS) is 10.9. The fourth-order valence-electron chi connectivity index (χ4n) is 1.68. The number of pyridine rings is 1. The van der Waals surface area contributed by atoms with Crippen LogP contribution in [0.2, 0.25) is 0 Å². The van der Waals surface area contributed by atoms with Crippen LogP contribution in [0, 0.1) is 6.92 Å². The van der Waals surface area contributed by atoms with Gasteiger partial charge in [0.2, 0.25) is 0 Å². The third-order valence-corrected chi connectivity index (χ3v) is 2.57. The van der Waals surface area contributed by atoms with Crippen molar-refractivity contribution in [1.82, 2.24) is 14.8 Å². The Bertz CT molecular complexity index is 534. The predicted molar refractivity (Wildman–Crippen MR) is 69.8 cm³/mol. The van der Waals surface area contributed by atoms with Gasteiger partial charge in [0.15, 0.2) is 11.6 Å². The molecule has 2 rings (SSSR count). The Balaban J connectivity index is 2.26. The minimum atomic E-state index is 0.136. The topological polar surface area (TPSA) is 66.0 Å². The highest BCUT2D eigenvalue weighted by Gasteiger charge is 2.06. The first-order valence-corrected chi connectivity index (χ1v) is 5.98. The second kappa shape index (κ2) is 5.18. The van der Waals surface area contributed by atoms with E-state index in [0.717, 1.165) is 22.8 Å². The van der Waals surface area contributed by atoms with Crippen molar-refractivity contribution in [1.29, 1.82) is 0 Å². The van der Waals surface area contributed by atoms with E-state index in [9.17, 15) is 0 Å². The van der Waals surface area contributed by atoms with Crippen LogP contribution in [0.1, 0.15) is 25.1 Å². The second-order valence-corrected chi connectivity index (χ2v) is 4.41. The van der Waals surface area contributed by atoms with Gasteiger partial charge in [-0.05, 0) is 32.4 Å². The lowest BCUT2D eigenvalue weighted by Crippen LogP contribution is -2.05. The van der Waals surface area contributed by atoms with Crippen molar-refractivity contribution >= 4 is 0 Å². The molecule has 0 saturated carbocycles. The van der Waals surface area contributed by atoms with Crippen molar-refractivity contribution in [2.24, 2.45) is 5.73 Å². The fraction of sp³-hybridized carbons (Fsp3) is 0.385. The standard InChI is InChI=1S/C13H18N4O/c1-9(2)18-12-7-15-17(8-12)13-5-4-11(6-14)10(3)16-13/h4-5,7-9H,6,14H2,1-3H3. The molecule has 0 saturated heterocycles. The number of hydrogen-bond acceptors (Lipinski definition) is 4. The maximum absolute atomic E-state index is 5.62. The molecule has 0 amide bonds. The van der Waals surface area contributed by atoms with E-state index in [0.29, 0.717) is 6.54 Å². The van der Waals surface area contributed by atoms with E-state index < -0.39 is 0 Å². The molecule has 0 bridgehead atoms. The average Bonchev–Trinajstić information content (AvgIpc) is 2.76. The monoisotopic (exact) mass is 246 g/mol. The molecule has 2 aromatic heterocycles. The van der Waals surface area contributed by atoms with Crippen molar-refractivity contribution in [3.05, 3.63) is 35.8 Å². The van der Waals surface area contributed by atoms with Crippen LogP contribution in [0.4, 0.5) is 0 Å². The molecular weight excluding hydrogens is 228 g/mol. The van der Waals surface area contributed by atoms with Crippen LogP contribution in [0.15, 0.2) is 24.5 Å². The number of nitrogens with zero attached hydrogens (tertiary/aromatic N) is 3. The predicted octanol–water partition coefficient (Wildman–Crippen LogP) is 1.82. The maximum Gasteiger partial charge on any atom is 0.158 e. The van der Waals surface area contributed by atoms with Crippen molar-refractivity contribution in [3.8, 4) is 11.6 Å². The summed E-state index contributed by atoms with van der Waals surface area (Å²) >= 11 is 0. The molecule has 0 radical (unpaired) electrons. The van der Waals surface area contributed by atoms with Crippen LogP contribution in [0.3, 0.4) is 0 Å². The number of aryl methyl sites for hydroxylation is 1. The summed E-state index contributed by atoms with van der Waals surface area (Å²) in [4.78, 5) is 4.47. The Morgan fingerprint density at radius 2 is 2.17 bits per heavy atom. The summed E-state index contributed by atoms with van der Waals surface area (Å²) in [5.41, 5.74) is 7.59. The third kappa shape index (κ3) is 2.68. The van der Waals surface area contributed by atoms with Gasteiger partial charge >= 0.3 is 0 Å². The van der Waals surface area contributed by atoms with Crippen molar-refractivity contribution in [2.75, 3.05) is 0 Å². The first-order valence-electron chi connectivity index (χ1n) is 5.98. The Morgan fingerprint density at radius 1 is 1.39 bits per heavy atom. The Labute approximate surface area is 107 Å². The molecule has 0 aliphatic carbocycles. The number of ether oxygens (including phenoxy) is 1. The highest BCUT2D eigenvalue weighted by Crippen LogP contribution is 2.15. The number of rotatable bonds is 4. The maximum atomic E-state index is 5.62. The van der Waals surface area contributed by atoms with Crippen LogP contribution in [0.25, 0.3) is 5.82 Å². The summed E-state index contributed by atoms with van der Waals surface area (Å²) < 4.78 is 7.26.